The summed E-state index contributed by atoms with van der Waals surface area (Å²) in [4.78, 5) is 0. The molecule has 0 nitrogen and oxygen atoms in total. The lowest BCUT2D eigenvalue weighted by molar-refractivity contribution is -0.0892. The van der Waals surface area contributed by atoms with E-state index in [1.165, 1.54) is 25.7 Å². The largest absolute Gasteiger partial charge is 0.0625 e. The summed E-state index contributed by atoms with van der Waals surface area (Å²) in [6.45, 7) is 2.64. The summed E-state index contributed by atoms with van der Waals surface area (Å²) in [5, 5.41) is 0. The van der Waals surface area contributed by atoms with E-state index >= 15 is 0 Å². The van der Waals surface area contributed by atoms with Gasteiger partial charge in [0.05, 0.1) is 0 Å². The van der Waals surface area contributed by atoms with E-state index in [9.17, 15) is 0 Å². The normalized spacial score (nSPS) is 46.9. The first-order valence-corrected chi connectivity index (χ1v) is 24.3. The lowest BCUT2D eigenvalue weighted by Gasteiger charge is -2.60. The van der Waals surface area contributed by atoms with Crippen molar-refractivity contribution >= 4 is 0 Å². The maximum absolute atomic E-state index is 2.64. The second kappa shape index (κ2) is 15.3. The second-order valence-corrected chi connectivity index (χ2v) is 23.3. The standard InChI is InChI=1S/C50H86/c1-43-20-7-2-8-24-45(36-43)30-17-31-47(38-45)26-13-5-14-28-49(40-47)34-19-35-50(42-49)29-16-6-15-27-48(41-50)33-18-32-46(39-48)25-12-4-11-23-44(37-46)21-9-3-10-22-44/h43H,2-42H2,1H3. The van der Waals surface area contributed by atoms with E-state index in [-0.39, 0.29) is 0 Å². The average molecular weight is 687 g/mol. The van der Waals surface area contributed by atoms with Gasteiger partial charge in [0.2, 0.25) is 0 Å². The van der Waals surface area contributed by atoms with Gasteiger partial charge in [0, 0.05) is 0 Å². The first-order chi connectivity index (χ1) is 24.3. The number of hydrogen-bond donors (Lipinski definition) is 0. The van der Waals surface area contributed by atoms with Crippen molar-refractivity contribution < 1.29 is 0 Å². The molecule has 0 aromatic carbocycles. The van der Waals surface area contributed by atoms with E-state index in [1.54, 1.807) is 238 Å². The van der Waals surface area contributed by atoms with Crippen molar-refractivity contribution in [2.75, 3.05) is 0 Å². The SMILES string of the molecule is CC1CCCCCC2(CCCC3(CCCCCC4(CCCC5(CCCCCC6(CCCC7(CCCCCC8(CCCCC8)C7)C6)C5)C4)C3)C2)C1. The monoisotopic (exact) mass is 687 g/mol. The Hall–Kier alpha value is 0. The van der Waals surface area contributed by atoms with Crippen LogP contribution in [0.2, 0.25) is 0 Å². The molecule has 0 aromatic rings. The maximum Gasteiger partial charge on any atom is -0.0287 e. The van der Waals surface area contributed by atoms with Gasteiger partial charge in [-0.25, -0.2) is 0 Å². The zero-order valence-electron chi connectivity index (χ0n) is 34.1. The fraction of sp³-hybridized carbons (Fsp3) is 1.00. The Kier molecular flexibility index (Phi) is 11.3. The topological polar surface area (TPSA) is 0 Å². The van der Waals surface area contributed by atoms with Crippen LogP contribution in [0.4, 0.5) is 0 Å². The first kappa shape index (κ1) is 36.9. The summed E-state index contributed by atoms with van der Waals surface area (Å²) in [5.41, 5.74) is 4.90. The van der Waals surface area contributed by atoms with Gasteiger partial charge in [-0.3, -0.25) is 0 Å². The summed E-state index contributed by atoms with van der Waals surface area (Å²) in [5.74, 6) is 0.974. The Morgan fingerprint density at radius 3 is 0.860 bits per heavy atom. The summed E-state index contributed by atoms with van der Waals surface area (Å²) in [7, 11) is 0. The van der Waals surface area contributed by atoms with Crippen LogP contribution >= 0.6 is 0 Å². The van der Waals surface area contributed by atoms with Gasteiger partial charge in [-0.05, 0) is 185 Å². The van der Waals surface area contributed by atoms with Gasteiger partial charge in [0.15, 0.2) is 0 Å². The van der Waals surface area contributed by atoms with Crippen LogP contribution in [-0.4, -0.2) is 0 Å². The van der Waals surface area contributed by atoms with Gasteiger partial charge in [-0.2, -0.15) is 0 Å². The molecule has 286 valence electrons. The van der Waals surface area contributed by atoms with Crippen LogP contribution < -0.4 is 0 Å². The van der Waals surface area contributed by atoms with Gasteiger partial charge in [-0.15, -0.1) is 0 Å². The Morgan fingerprint density at radius 2 is 0.480 bits per heavy atom. The molecule has 50 heavy (non-hydrogen) atoms. The summed E-state index contributed by atoms with van der Waals surface area (Å²) in [6, 6.07) is 0. The van der Waals surface area contributed by atoms with Crippen molar-refractivity contribution in [3.8, 4) is 0 Å². The highest BCUT2D eigenvalue weighted by Gasteiger charge is 2.56. The highest BCUT2D eigenvalue weighted by atomic mass is 14.6. The molecule has 8 aliphatic carbocycles. The van der Waals surface area contributed by atoms with Crippen molar-refractivity contribution in [2.24, 2.45) is 43.8 Å². The molecule has 0 bridgehead atoms. The van der Waals surface area contributed by atoms with Crippen molar-refractivity contribution in [1.82, 2.24) is 0 Å². The highest BCUT2D eigenvalue weighted by molar-refractivity contribution is 5.07. The van der Waals surface area contributed by atoms with Gasteiger partial charge in [0.25, 0.3) is 0 Å². The van der Waals surface area contributed by atoms with Crippen LogP contribution in [0.3, 0.4) is 0 Å². The Labute approximate surface area is 313 Å². The molecule has 7 atom stereocenters. The van der Waals surface area contributed by atoms with Gasteiger partial charge < -0.3 is 0 Å². The van der Waals surface area contributed by atoms with Gasteiger partial charge in [0.1, 0.15) is 0 Å². The van der Waals surface area contributed by atoms with Crippen LogP contribution in [-0.2, 0) is 0 Å². The quantitative estimate of drug-likeness (QED) is 0.238. The molecule has 8 rings (SSSR count). The van der Waals surface area contributed by atoms with E-state index in [0.717, 1.165) is 11.3 Å². The van der Waals surface area contributed by atoms with Crippen LogP contribution in [0, 0.1) is 43.8 Å². The smallest absolute Gasteiger partial charge is 0.0287 e. The molecule has 8 saturated carbocycles. The minimum atomic E-state index is 0.683. The third kappa shape index (κ3) is 8.16. The Morgan fingerprint density at radius 1 is 0.240 bits per heavy atom. The molecule has 0 N–H and O–H groups in total. The van der Waals surface area contributed by atoms with E-state index in [0.29, 0.717) is 32.5 Å². The van der Waals surface area contributed by atoms with E-state index in [4.69, 9.17) is 0 Å². The zero-order valence-corrected chi connectivity index (χ0v) is 34.1. The molecule has 8 fully saturated rings. The van der Waals surface area contributed by atoms with Gasteiger partial charge >= 0.3 is 0 Å². The lowest BCUT2D eigenvalue weighted by Crippen LogP contribution is -2.48. The zero-order chi connectivity index (χ0) is 34.1. The third-order valence-electron chi connectivity index (χ3n) is 19.1. The molecule has 7 spiro atoms. The van der Waals surface area contributed by atoms with E-state index in [2.05, 4.69) is 6.92 Å². The van der Waals surface area contributed by atoms with Crippen LogP contribution in [0.15, 0.2) is 0 Å². The highest BCUT2D eigenvalue weighted by Crippen LogP contribution is 2.68. The van der Waals surface area contributed by atoms with E-state index < -0.39 is 0 Å². The molecule has 0 heterocycles. The fourth-order valence-electron chi connectivity index (χ4n) is 17.9. The molecule has 0 radical (unpaired) electrons. The average Bonchev–Trinajstić information content (AvgIpc) is 3.05. The molecular formula is C50H86. The van der Waals surface area contributed by atoms with Crippen LogP contribution in [0.5, 0.6) is 0 Å². The maximum atomic E-state index is 2.64. The minimum absolute atomic E-state index is 0.683. The van der Waals surface area contributed by atoms with E-state index in [1.807, 2.05) is 0 Å². The second-order valence-electron chi connectivity index (χ2n) is 23.3. The molecule has 7 unspecified atom stereocenters. The summed E-state index contributed by atoms with van der Waals surface area (Å²) < 4.78 is 0. The van der Waals surface area contributed by atoms with Crippen molar-refractivity contribution in [3.63, 3.8) is 0 Å². The van der Waals surface area contributed by atoms with Crippen molar-refractivity contribution in [3.05, 3.63) is 0 Å². The minimum Gasteiger partial charge on any atom is -0.0625 e. The Balaban J connectivity index is 1.06. The lowest BCUT2D eigenvalue weighted by atomic mass is 9.45. The molecule has 0 aromatic heterocycles. The van der Waals surface area contributed by atoms with Crippen LogP contribution in [0.25, 0.3) is 0 Å². The molecule has 0 aliphatic heterocycles. The molecular weight excluding hydrogens is 601 g/mol. The molecule has 0 saturated heterocycles. The third-order valence-corrected chi connectivity index (χ3v) is 19.1. The Bertz CT molecular complexity index is 1100. The van der Waals surface area contributed by atoms with Crippen LogP contribution in [0.1, 0.15) is 270 Å². The van der Waals surface area contributed by atoms with Gasteiger partial charge in [-0.1, -0.05) is 129 Å². The predicted molar refractivity (Wildman–Crippen MR) is 215 cm³/mol. The molecule has 0 amide bonds. The molecule has 0 heteroatoms. The fourth-order valence-corrected chi connectivity index (χ4v) is 17.9. The number of hydrogen-bond acceptors (Lipinski definition) is 0. The van der Waals surface area contributed by atoms with Crippen molar-refractivity contribution in [1.29, 1.82) is 0 Å². The first-order valence-electron chi connectivity index (χ1n) is 24.3. The van der Waals surface area contributed by atoms with Crippen molar-refractivity contribution in [2.45, 2.75) is 270 Å². The molecule has 8 aliphatic rings. The number of rotatable bonds is 0. The summed E-state index contributed by atoms with van der Waals surface area (Å²) >= 11 is 0. The summed E-state index contributed by atoms with van der Waals surface area (Å²) in [6.07, 6.45) is 65.1. The predicted octanol–water partition coefficient (Wildman–Crippen LogP) is 16.6.